The summed E-state index contributed by atoms with van der Waals surface area (Å²) in [7, 11) is 0. The maximum atomic E-state index is 11.7. The van der Waals surface area contributed by atoms with E-state index in [4.69, 9.17) is 9.47 Å². The van der Waals surface area contributed by atoms with Gasteiger partial charge in [-0.05, 0) is 63.6 Å². The summed E-state index contributed by atoms with van der Waals surface area (Å²) >= 11 is 4.30. The molecule has 2 aliphatic rings. The smallest absolute Gasteiger partial charge is 0.290 e. The first-order chi connectivity index (χ1) is 17.0. The van der Waals surface area contributed by atoms with E-state index in [0.29, 0.717) is 22.4 Å². The average Bonchev–Trinajstić information content (AvgIpc) is 3.18. The highest BCUT2D eigenvalue weighted by Crippen LogP contribution is 2.28. The fourth-order valence-corrected chi connectivity index (χ4v) is 4.61. The summed E-state index contributed by atoms with van der Waals surface area (Å²) in [4.78, 5) is 38.4. The summed E-state index contributed by atoms with van der Waals surface area (Å²) in [6.07, 6.45) is 6.64. The lowest BCUT2D eigenvalue weighted by Crippen LogP contribution is -2.38. The third kappa shape index (κ3) is 5.98. The zero-order chi connectivity index (χ0) is 24.2. The fourth-order valence-electron chi connectivity index (χ4n) is 3.70. The summed E-state index contributed by atoms with van der Waals surface area (Å²) in [6.45, 7) is 1.70. The Bertz CT molecular complexity index is 1260. The molecule has 0 atom stereocenters. The molecule has 0 spiro atoms. The predicted octanol–water partition coefficient (Wildman–Crippen LogP) is 4.80. The molecular formula is C24H20BrN5O4S. The van der Waals surface area contributed by atoms with Crippen LogP contribution in [0.4, 0.5) is 10.6 Å². The summed E-state index contributed by atoms with van der Waals surface area (Å²) in [6, 6.07) is 12.8. The molecule has 0 aliphatic carbocycles. The SMILES string of the molecule is O=C1NC(=O)/C(=C/c2ccc(Oc3cc(OC4CCN(c5ccc(Br)cn5)CC4)ncn3)cc2)S1. The van der Waals surface area contributed by atoms with Crippen LogP contribution in [-0.2, 0) is 4.79 Å². The maximum absolute atomic E-state index is 11.7. The Morgan fingerprint density at radius 1 is 1.03 bits per heavy atom. The molecule has 11 heteroatoms. The van der Waals surface area contributed by atoms with Crippen LogP contribution in [0.1, 0.15) is 18.4 Å². The number of rotatable bonds is 6. The molecule has 0 bridgehead atoms. The molecule has 5 rings (SSSR count). The first-order valence-corrected chi connectivity index (χ1v) is 12.5. The second-order valence-electron chi connectivity index (χ2n) is 7.86. The van der Waals surface area contributed by atoms with Crippen LogP contribution >= 0.6 is 27.7 Å². The topological polar surface area (TPSA) is 107 Å². The monoisotopic (exact) mass is 553 g/mol. The van der Waals surface area contributed by atoms with Crippen LogP contribution in [0.5, 0.6) is 17.5 Å². The van der Waals surface area contributed by atoms with Crippen molar-refractivity contribution in [1.82, 2.24) is 20.3 Å². The number of benzene rings is 1. The second-order valence-corrected chi connectivity index (χ2v) is 9.79. The highest BCUT2D eigenvalue weighted by molar-refractivity contribution is 9.10. The Labute approximate surface area is 214 Å². The van der Waals surface area contributed by atoms with Crippen LogP contribution in [0.15, 0.2) is 64.4 Å². The molecule has 35 heavy (non-hydrogen) atoms. The van der Waals surface area contributed by atoms with Gasteiger partial charge in [0, 0.05) is 36.6 Å². The molecule has 0 radical (unpaired) electrons. The van der Waals surface area contributed by atoms with Gasteiger partial charge in [0.25, 0.3) is 11.1 Å². The normalized spacial score (nSPS) is 17.5. The number of halogens is 1. The zero-order valence-corrected chi connectivity index (χ0v) is 20.8. The number of pyridine rings is 1. The minimum absolute atomic E-state index is 0.0503. The molecule has 0 saturated carbocycles. The predicted molar refractivity (Wildman–Crippen MR) is 135 cm³/mol. The molecule has 4 heterocycles. The number of amides is 2. The van der Waals surface area contributed by atoms with Gasteiger partial charge in [-0.15, -0.1) is 0 Å². The van der Waals surface area contributed by atoms with Crippen molar-refractivity contribution in [1.29, 1.82) is 0 Å². The quantitative estimate of drug-likeness (QED) is 0.430. The number of nitrogens with zero attached hydrogens (tertiary/aromatic N) is 4. The molecule has 178 valence electrons. The van der Waals surface area contributed by atoms with E-state index in [2.05, 4.69) is 41.1 Å². The van der Waals surface area contributed by atoms with Crippen molar-refractivity contribution in [3.63, 3.8) is 0 Å². The summed E-state index contributed by atoms with van der Waals surface area (Å²) in [5.41, 5.74) is 0.779. The molecule has 1 N–H and O–H groups in total. The number of carbonyl (C=O) groups is 2. The molecule has 2 fully saturated rings. The maximum Gasteiger partial charge on any atom is 0.290 e. The summed E-state index contributed by atoms with van der Waals surface area (Å²) < 4.78 is 12.9. The number of carbonyl (C=O) groups excluding carboxylic acids is 2. The van der Waals surface area contributed by atoms with Gasteiger partial charge in [-0.25, -0.2) is 15.0 Å². The van der Waals surface area contributed by atoms with Gasteiger partial charge in [-0.1, -0.05) is 12.1 Å². The van der Waals surface area contributed by atoms with E-state index in [9.17, 15) is 9.59 Å². The standard InChI is InChI=1S/C24H20BrN5O4S/c25-16-3-6-20(26-13-16)30-9-7-18(8-10-30)34-22-12-21(27-14-28-22)33-17-4-1-15(2-5-17)11-19-23(31)29-24(32)35-19/h1-6,11-14,18H,7-10H2,(H,29,31,32)/b19-11-. The van der Waals surface area contributed by atoms with Gasteiger partial charge in [0.1, 0.15) is 24.0 Å². The van der Waals surface area contributed by atoms with E-state index < -0.39 is 0 Å². The number of nitrogens with one attached hydrogen (secondary N) is 1. The Balaban J connectivity index is 1.16. The van der Waals surface area contributed by atoms with Gasteiger partial charge in [-0.3, -0.25) is 14.9 Å². The fraction of sp³-hybridized carbons (Fsp3) is 0.208. The number of imide groups is 1. The van der Waals surface area contributed by atoms with Gasteiger partial charge in [0.15, 0.2) is 0 Å². The van der Waals surface area contributed by atoms with Crippen molar-refractivity contribution >= 4 is 50.7 Å². The molecule has 2 saturated heterocycles. The highest BCUT2D eigenvalue weighted by Gasteiger charge is 2.25. The number of hydrogen-bond donors (Lipinski definition) is 1. The molecule has 2 amide bonds. The molecule has 1 aromatic carbocycles. The third-order valence-corrected chi connectivity index (χ3v) is 6.70. The number of hydrogen-bond acceptors (Lipinski definition) is 9. The van der Waals surface area contributed by atoms with Crippen molar-refractivity contribution in [2.75, 3.05) is 18.0 Å². The lowest BCUT2D eigenvalue weighted by atomic mass is 10.1. The van der Waals surface area contributed by atoms with Crippen LogP contribution in [0, 0.1) is 0 Å². The van der Waals surface area contributed by atoms with Crippen LogP contribution in [-0.4, -0.2) is 45.3 Å². The van der Waals surface area contributed by atoms with Crippen LogP contribution in [0.3, 0.4) is 0 Å². The van der Waals surface area contributed by atoms with Gasteiger partial charge in [0.05, 0.1) is 11.0 Å². The number of thioether (sulfide) groups is 1. The van der Waals surface area contributed by atoms with E-state index in [1.165, 1.54) is 6.33 Å². The molecule has 9 nitrogen and oxygen atoms in total. The van der Waals surface area contributed by atoms with E-state index in [0.717, 1.165) is 53.5 Å². The second kappa shape index (κ2) is 10.4. The summed E-state index contributed by atoms with van der Waals surface area (Å²) in [5, 5.41) is 1.87. The summed E-state index contributed by atoms with van der Waals surface area (Å²) in [5.74, 6) is 1.99. The van der Waals surface area contributed by atoms with Crippen molar-refractivity contribution in [3.8, 4) is 17.5 Å². The number of aromatic nitrogens is 3. The van der Waals surface area contributed by atoms with E-state index in [-0.39, 0.29) is 17.3 Å². The lowest BCUT2D eigenvalue weighted by Gasteiger charge is -2.32. The molecule has 2 aromatic heterocycles. The molecule has 3 aromatic rings. The van der Waals surface area contributed by atoms with Crippen LogP contribution in [0.2, 0.25) is 0 Å². The zero-order valence-electron chi connectivity index (χ0n) is 18.4. The number of ether oxygens (including phenoxy) is 2. The van der Waals surface area contributed by atoms with E-state index in [1.54, 1.807) is 42.6 Å². The first kappa shape index (κ1) is 23.3. The molecular weight excluding hydrogens is 534 g/mol. The Hall–Kier alpha value is -3.44. The van der Waals surface area contributed by atoms with Crippen molar-refractivity contribution in [2.24, 2.45) is 0 Å². The average molecular weight is 554 g/mol. The first-order valence-electron chi connectivity index (χ1n) is 10.9. The number of anilines is 1. The van der Waals surface area contributed by atoms with Gasteiger partial charge < -0.3 is 14.4 Å². The van der Waals surface area contributed by atoms with Gasteiger partial charge >= 0.3 is 0 Å². The molecule has 0 unspecified atom stereocenters. The lowest BCUT2D eigenvalue weighted by molar-refractivity contribution is -0.115. The largest absolute Gasteiger partial charge is 0.474 e. The minimum Gasteiger partial charge on any atom is -0.474 e. The molecule has 2 aliphatic heterocycles. The van der Waals surface area contributed by atoms with E-state index in [1.807, 2.05) is 12.1 Å². The Morgan fingerprint density at radius 3 is 2.49 bits per heavy atom. The minimum atomic E-state index is -0.385. The Morgan fingerprint density at radius 2 is 1.80 bits per heavy atom. The third-order valence-electron chi connectivity index (χ3n) is 5.42. The van der Waals surface area contributed by atoms with Crippen molar-refractivity contribution in [3.05, 3.63) is 69.9 Å². The van der Waals surface area contributed by atoms with Crippen LogP contribution < -0.4 is 19.7 Å². The van der Waals surface area contributed by atoms with Crippen molar-refractivity contribution in [2.45, 2.75) is 18.9 Å². The van der Waals surface area contributed by atoms with Gasteiger partial charge in [-0.2, -0.15) is 0 Å². The van der Waals surface area contributed by atoms with Gasteiger partial charge in [0.2, 0.25) is 11.8 Å². The van der Waals surface area contributed by atoms with E-state index >= 15 is 0 Å². The Kier molecular flexibility index (Phi) is 6.96. The highest BCUT2D eigenvalue weighted by atomic mass is 79.9. The number of piperidine rings is 1. The van der Waals surface area contributed by atoms with Crippen LogP contribution in [0.25, 0.3) is 6.08 Å². The van der Waals surface area contributed by atoms with Crippen molar-refractivity contribution < 1.29 is 19.1 Å².